The largest absolute Gasteiger partial charge is 0.313 e. The van der Waals surface area contributed by atoms with Gasteiger partial charge in [-0.3, -0.25) is 0 Å². The van der Waals surface area contributed by atoms with Crippen LogP contribution in [0.5, 0.6) is 0 Å². The zero-order valence-electron chi connectivity index (χ0n) is 28.3. The number of rotatable bonds is 7. The van der Waals surface area contributed by atoms with E-state index in [1.165, 1.54) is 22.2 Å². The fourth-order valence-electron chi connectivity index (χ4n) is 7.72. The van der Waals surface area contributed by atoms with Crippen molar-refractivity contribution in [2.24, 2.45) is 0 Å². The second-order valence-corrected chi connectivity index (χ2v) is 12.8. The maximum atomic E-state index is 10.3. The molecule has 1 aliphatic rings. The van der Waals surface area contributed by atoms with Gasteiger partial charge < -0.3 is 9.13 Å². The highest BCUT2D eigenvalue weighted by Crippen LogP contribution is 2.39. The third-order valence-corrected chi connectivity index (χ3v) is 9.93. The summed E-state index contributed by atoms with van der Waals surface area (Å²) in [6, 6.07) is 44.4. The molecule has 8 rings (SSSR count). The predicted molar refractivity (Wildman–Crippen MR) is 206 cm³/mol. The number of para-hydroxylation sites is 2. The van der Waals surface area contributed by atoms with Crippen molar-refractivity contribution < 1.29 is 0 Å². The molecule has 0 fully saturated rings. The first-order valence-corrected chi connectivity index (χ1v) is 17.3. The van der Waals surface area contributed by atoms with Crippen molar-refractivity contribution in [3.63, 3.8) is 0 Å². The molecule has 5 heteroatoms. The molecule has 0 aliphatic heterocycles. The van der Waals surface area contributed by atoms with E-state index in [-0.39, 0.29) is 0 Å². The molecule has 0 unspecified atom stereocenters. The van der Waals surface area contributed by atoms with Gasteiger partial charge in [-0.1, -0.05) is 79.7 Å². The zero-order valence-corrected chi connectivity index (χ0v) is 28.3. The highest BCUT2D eigenvalue weighted by Gasteiger charge is 2.21. The van der Waals surface area contributed by atoms with Crippen LogP contribution >= 0.6 is 0 Å². The van der Waals surface area contributed by atoms with Gasteiger partial charge in [-0.25, -0.2) is 0 Å². The molecule has 0 radical (unpaired) electrons. The molecule has 7 aromatic rings. The van der Waals surface area contributed by atoms with Crippen LogP contribution in [-0.2, 0) is 12.8 Å². The summed E-state index contributed by atoms with van der Waals surface area (Å²) < 4.78 is 4.62. The number of benzene rings is 5. The smallest absolute Gasteiger partial charge is 0.0998 e. The van der Waals surface area contributed by atoms with Crippen LogP contribution in [0, 0.1) is 34.0 Å². The van der Waals surface area contributed by atoms with Gasteiger partial charge in [0, 0.05) is 44.5 Å². The monoisotopic (exact) mass is 655 g/mol. The Bertz CT molecular complexity index is 2690. The van der Waals surface area contributed by atoms with Gasteiger partial charge in [-0.2, -0.15) is 15.8 Å². The molecule has 0 amide bonds. The van der Waals surface area contributed by atoms with Gasteiger partial charge in [-0.15, -0.1) is 0 Å². The van der Waals surface area contributed by atoms with Crippen molar-refractivity contribution >= 4 is 34.0 Å². The van der Waals surface area contributed by atoms with Crippen molar-refractivity contribution in [2.45, 2.75) is 32.6 Å². The van der Waals surface area contributed by atoms with Gasteiger partial charge in [0.25, 0.3) is 0 Å². The molecule has 2 aromatic heterocycles. The maximum Gasteiger partial charge on any atom is 0.0998 e. The lowest BCUT2D eigenvalue weighted by molar-refractivity contribution is 0.957. The number of nitrogens with zero attached hydrogens (tertiary/aromatic N) is 5. The van der Waals surface area contributed by atoms with Gasteiger partial charge in [0.15, 0.2) is 0 Å². The Morgan fingerprint density at radius 1 is 0.725 bits per heavy atom. The van der Waals surface area contributed by atoms with Crippen LogP contribution < -0.4 is 0 Å². The van der Waals surface area contributed by atoms with E-state index in [1.54, 1.807) is 0 Å². The van der Waals surface area contributed by atoms with Crippen LogP contribution in [0.1, 0.15) is 53.4 Å². The van der Waals surface area contributed by atoms with E-state index < -0.39 is 0 Å². The molecule has 51 heavy (non-hydrogen) atoms. The SMILES string of the molecule is CCc1c(/C=C\CC#N)c2cc(C#N)ccc2n1-c1ccc(C#N)c(-c2cccc(-c3ccccc3-n3c4c(c5ccccc53)CCC=C4)c2)c1. The molecule has 5 nitrogen and oxygen atoms in total. The molecule has 5 aromatic carbocycles. The van der Waals surface area contributed by atoms with Gasteiger partial charge in [0.1, 0.15) is 0 Å². The zero-order chi connectivity index (χ0) is 34.9. The summed E-state index contributed by atoms with van der Waals surface area (Å²) in [6.07, 6.45) is 11.5. The Morgan fingerprint density at radius 2 is 1.53 bits per heavy atom. The Balaban J connectivity index is 1.29. The number of hydrogen-bond acceptors (Lipinski definition) is 3. The summed E-state index contributed by atoms with van der Waals surface area (Å²) in [5, 5.41) is 31.5. The summed E-state index contributed by atoms with van der Waals surface area (Å²) >= 11 is 0. The van der Waals surface area contributed by atoms with Crippen molar-refractivity contribution in [3.8, 4) is 51.8 Å². The number of aryl methyl sites for hydroxylation is 1. The van der Waals surface area contributed by atoms with E-state index in [9.17, 15) is 15.8 Å². The fraction of sp³-hybridized carbons (Fsp3) is 0.109. The third-order valence-electron chi connectivity index (χ3n) is 9.93. The second kappa shape index (κ2) is 13.2. The lowest BCUT2D eigenvalue weighted by Crippen LogP contribution is -2.02. The van der Waals surface area contributed by atoms with Gasteiger partial charge in [0.2, 0.25) is 0 Å². The summed E-state index contributed by atoms with van der Waals surface area (Å²) in [6.45, 7) is 2.11. The first-order chi connectivity index (χ1) is 25.1. The lowest BCUT2D eigenvalue weighted by atomic mass is 9.95. The highest BCUT2D eigenvalue weighted by atomic mass is 15.0. The van der Waals surface area contributed by atoms with E-state index in [0.717, 1.165) is 75.1 Å². The molecule has 0 bridgehead atoms. The fourth-order valence-corrected chi connectivity index (χ4v) is 7.72. The average Bonchev–Trinajstić information content (AvgIpc) is 3.69. The topological polar surface area (TPSA) is 81.2 Å². The molecular formula is C46H33N5. The first-order valence-electron chi connectivity index (χ1n) is 17.3. The summed E-state index contributed by atoms with van der Waals surface area (Å²) in [7, 11) is 0. The van der Waals surface area contributed by atoms with Gasteiger partial charge in [0.05, 0.1) is 52.5 Å². The van der Waals surface area contributed by atoms with Crippen LogP contribution in [0.25, 0.3) is 67.6 Å². The number of nitriles is 3. The standard InChI is InChI=1S/C46H33N5/c1-2-42-39(17-9-10-25-47)41-26-31(29-48)21-24-46(41)50(42)35-23-22-34(30-49)40(28-35)33-13-11-12-32(27-33)36-14-3-6-18-43(36)51-44-19-7-4-15-37(44)38-16-5-8-20-45(38)51/h3-4,6-9,11-15,17-24,26-28H,2,5,10,16H2,1H3/b17-9-. The third kappa shape index (κ3) is 5.32. The van der Waals surface area contributed by atoms with Crippen molar-refractivity contribution in [3.05, 3.63) is 155 Å². The van der Waals surface area contributed by atoms with Crippen LogP contribution in [0.2, 0.25) is 0 Å². The number of allylic oxidation sites excluding steroid dienone is 2. The molecule has 1 aliphatic carbocycles. The Morgan fingerprint density at radius 3 is 2.35 bits per heavy atom. The van der Waals surface area contributed by atoms with Crippen molar-refractivity contribution in [1.82, 2.24) is 9.13 Å². The van der Waals surface area contributed by atoms with Crippen LogP contribution in [0.3, 0.4) is 0 Å². The van der Waals surface area contributed by atoms with Crippen molar-refractivity contribution in [1.29, 1.82) is 15.8 Å². The highest BCUT2D eigenvalue weighted by molar-refractivity contribution is 5.95. The van der Waals surface area contributed by atoms with E-state index in [2.05, 4.69) is 125 Å². The molecular weight excluding hydrogens is 623 g/mol. The van der Waals surface area contributed by atoms with E-state index >= 15 is 0 Å². The van der Waals surface area contributed by atoms with Crippen LogP contribution in [0.15, 0.2) is 121 Å². The summed E-state index contributed by atoms with van der Waals surface area (Å²) in [5.74, 6) is 0. The van der Waals surface area contributed by atoms with Gasteiger partial charge >= 0.3 is 0 Å². The Hall–Kier alpha value is -6.87. The normalized spacial score (nSPS) is 12.2. The first kappa shape index (κ1) is 31.4. The summed E-state index contributed by atoms with van der Waals surface area (Å²) in [4.78, 5) is 0. The van der Waals surface area contributed by atoms with Crippen LogP contribution in [0.4, 0.5) is 0 Å². The number of hydrogen-bond donors (Lipinski definition) is 0. The van der Waals surface area contributed by atoms with E-state index in [4.69, 9.17) is 0 Å². The Kier molecular flexibility index (Phi) is 8.13. The molecule has 0 spiro atoms. The molecule has 0 N–H and O–H groups in total. The quantitative estimate of drug-likeness (QED) is 0.171. The number of aromatic nitrogens is 2. The minimum Gasteiger partial charge on any atom is -0.313 e. The average molecular weight is 656 g/mol. The maximum absolute atomic E-state index is 10.3. The Labute approximate surface area is 297 Å². The molecule has 0 saturated carbocycles. The van der Waals surface area contributed by atoms with Gasteiger partial charge in [-0.05, 0) is 96.6 Å². The lowest BCUT2D eigenvalue weighted by Gasteiger charge is -2.17. The van der Waals surface area contributed by atoms with Crippen LogP contribution in [-0.4, -0.2) is 9.13 Å². The molecule has 2 heterocycles. The minimum absolute atomic E-state index is 0.300. The van der Waals surface area contributed by atoms with E-state index in [1.807, 2.05) is 42.5 Å². The second-order valence-electron chi connectivity index (χ2n) is 12.8. The minimum atomic E-state index is 0.300. The number of fused-ring (bicyclic) bond motifs is 4. The van der Waals surface area contributed by atoms with E-state index in [0.29, 0.717) is 17.5 Å². The van der Waals surface area contributed by atoms with Crippen molar-refractivity contribution in [2.75, 3.05) is 0 Å². The molecule has 0 atom stereocenters. The predicted octanol–water partition coefficient (Wildman–Crippen LogP) is 11.1. The molecule has 242 valence electrons. The summed E-state index contributed by atoms with van der Waals surface area (Å²) in [5.41, 5.74) is 14.1. The molecule has 0 saturated heterocycles.